The highest BCUT2D eigenvalue weighted by Crippen LogP contribution is 2.42. The summed E-state index contributed by atoms with van der Waals surface area (Å²) >= 11 is 0. The summed E-state index contributed by atoms with van der Waals surface area (Å²) in [6.45, 7) is 2.33. The molecular weight excluding hydrogens is 210 g/mol. The SMILES string of the molecule is NC(=NO)C1(C(=O)N2CCOCC2)CCC1. The van der Waals surface area contributed by atoms with Crippen molar-refractivity contribution in [2.45, 2.75) is 19.3 Å². The van der Waals surface area contributed by atoms with Gasteiger partial charge in [-0.2, -0.15) is 0 Å². The number of morpholine rings is 1. The Morgan fingerprint density at radius 3 is 2.44 bits per heavy atom. The fourth-order valence-electron chi connectivity index (χ4n) is 2.27. The van der Waals surface area contributed by atoms with Crippen LogP contribution >= 0.6 is 0 Å². The number of nitrogens with zero attached hydrogens (tertiary/aromatic N) is 2. The van der Waals surface area contributed by atoms with Crippen molar-refractivity contribution in [3.05, 3.63) is 0 Å². The van der Waals surface area contributed by atoms with E-state index in [0.717, 1.165) is 6.42 Å². The molecule has 16 heavy (non-hydrogen) atoms. The molecule has 2 rings (SSSR count). The third-order valence-electron chi connectivity index (χ3n) is 3.51. The van der Waals surface area contributed by atoms with E-state index in [1.54, 1.807) is 4.90 Å². The summed E-state index contributed by atoms with van der Waals surface area (Å²) in [7, 11) is 0. The van der Waals surface area contributed by atoms with Crippen LogP contribution in [0.3, 0.4) is 0 Å². The largest absolute Gasteiger partial charge is 0.409 e. The van der Waals surface area contributed by atoms with Gasteiger partial charge in [-0.25, -0.2) is 0 Å². The first-order chi connectivity index (χ1) is 7.70. The Kier molecular flexibility index (Phi) is 3.00. The van der Waals surface area contributed by atoms with E-state index in [4.69, 9.17) is 15.7 Å². The molecule has 0 aromatic heterocycles. The molecule has 0 aromatic carbocycles. The van der Waals surface area contributed by atoms with E-state index in [1.807, 2.05) is 0 Å². The molecule has 90 valence electrons. The zero-order valence-electron chi connectivity index (χ0n) is 9.19. The van der Waals surface area contributed by atoms with Gasteiger partial charge in [0.2, 0.25) is 5.91 Å². The van der Waals surface area contributed by atoms with Crippen LogP contribution < -0.4 is 5.73 Å². The van der Waals surface area contributed by atoms with E-state index in [1.165, 1.54) is 0 Å². The van der Waals surface area contributed by atoms with Gasteiger partial charge in [0.05, 0.1) is 13.2 Å². The van der Waals surface area contributed by atoms with E-state index >= 15 is 0 Å². The summed E-state index contributed by atoms with van der Waals surface area (Å²) in [6, 6.07) is 0. The van der Waals surface area contributed by atoms with Crippen molar-refractivity contribution in [1.82, 2.24) is 4.90 Å². The Bertz CT molecular complexity index is 306. The number of ether oxygens (including phenoxy) is 1. The Balaban J connectivity index is 2.12. The molecule has 1 saturated carbocycles. The number of carbonyl (C=O) groups is 1. The maximum atomic E-state index is 12.3. The fourth-order valence-corrected chi connectivity index (χ4v) is 2.27. The molecule has 1 aliphatic heterocycles. The van der Waals surface area contributed by atoms with Gasteiger partial charge in [-0.3, -0.25) is 4.79 Å². The number of amidine groups is 1. The van der Waals surface area contributed by atoms with Crippen LogP contribution in [0.4, 0.5) is 0 Å². The predicted molar refractivity (Wildman–Crippen MR) is 57.1 cm³/mol. The molecule has 2 fully saturated rings. The summed E-state index contributed by atoms with van der Waals surface area (Å²) in [4.78, 5) is 14.1. The van der Waals surface area contributed by atoms with Gasteiger partial charge in [-0.15, -0.1) is 0 Å². The van der Waals surface area contributed by atoms with Crippen LogP contribution in [0, 0.1) is 5.41 Å². The third-order valence-corrected chi connectivity index (χ3v) is 3.51. The quantitative estimate of drug-likeness (QED) is 0.295. The average Bonchev–Trinajstić information content (AvgIpc) is 2.28. The van der Waals surface area contributed by atoms with Gasteiger partial charge in [0.1, 0.15) is 5.41 Å². The minimum Gasteiger partial charge on any atom is -0.409 e. The van der Waals surface area contributed by atoms with Crippen LogP contribution in [0.2, 0.25) is 0 Å². The zero-order valence-corrected chi connectivity index (χ0v) is 9.19. The average molecular weight is 227 g/mol. The number of hydrogen-bond acceptors (Lipinski definition) is 4. The molecule has 6 heteroatoms. The number of oxime groups is 1. The fraction of sp³-hybridized carbons (Fsp3) is 0.800. The molecule has 0 atom stereocenters. The molecule has 1 saturated heterocycles. The molecule has 6 nitrogen and oxygen atoms in total. The highest BCUT2D eigenvalue weighted by Gasteiger charge is 2.50. The summed E-state index contributed by atoms with van der Waals surface area (Å²) < 4.78 is 5.20. The van der Waals surface area contributed by atoms with Crippen LogP contribution in [-0.4, -0.2) is 48.2 Å². The Labute approximate surface area is 94.0 Å². The van der Waals surface area contributed by atoms with Crippen molar-refractivity contribution in [1.29, 1.82) is 0 Å². The molecule has 0 aromatic rings. The lowest BCUT2D eigenvalue weighted by molar-refractivity contribution is -0.146. The molecule has 0 bridgehead atoms. The van der Waals surface area contributed by atoms with E-state index in [9.17, 15) is 4.79 Å². The Hall–Kier alpha value is -1.30. The predicted octanol–water partition coefficient (Wildman–Crippen LogP) is -0.238. The molecule has 1 heterocycles. The van der Waals surface area contributed by atoms with Gasteiger partial charge in [0.15, 0.2) is 5.84 Å². The molecule has 0 radical (unpaired) electrons. The lowest BCUT2D eigenvalue weighted by Gasteiger charge is -2.43. The zero-order chi connectivity index (χ0) is 11.6. The Morgan fingerprint density at radius 1 is 1.38 bits per heavy atom. The topological polar surface area (TPSA) is 88.2 Å². The molecule has 2 aliphatic rings. The van der Waals surface area contributed by atoms with Crippen LogP contribution in [0.15, 0.2) is 5.16 Å². The van der Waals surface area contributed by atoms with Gasteiger partial charge in [-0.05, 0) is 12.8 Å². The maximum Gasteiger partial charge on any atom is 0.236 e. The summed E-state index contributed by atoms with van der Waals surface area (Å²) in [5.74, 6) is 0.0348. The van der Waals surface area contributed by atoms with E-state index < -0.39 is 5.41 Å². The lowest BCUT2D eigenvalue weighted by atomic mass is 9.66. The first-order valence-corrected chi connectivity index (χ1v) is 5.56. The van der Waals surface area contributed by atoms with Crippen LogP contribution in [-0.2, 0) is 9.53 Å². The number of hydrogen-bond donors (Lipinski definition) is 2. The van der Waals surface area contributed by atoms with Crippen LogP contribution in [0.1, 0.15) is 19.3 Å². The van der Waals surface area contributed by atoms with Gasteiger partial charge >= 0.3 is 0 Å². The summed E-state index contributed by atoms with van der Waals surface area (Å²) in [5, 5.41) is 11.8. The highest BCUT2D eigenvalue weighted by atomic mass is 16.5. The van der Waals surface area contributed by atoms with Crippen molar-refractivity contribution in [3.63, 3.8) is 0 Å². The smallest absolute Gasteiger partial charge is 0.236 e. The van der Waals surface area contributed by atoms with Gasteiger partial charge in [0.25, 0.3) is 0 Å². The Morgan fingerprint density at radius 2 is 2.00 bits per heavy atom. The number of amides is 1. The standard InChI is InChI=1S/C10H17N3O3/c11-8(12-15)10(2-1-3-10)9(14)13-4-6-16-7-5-13/h15H,1-7H2,(H2,11,12). The van der Waals surface area contributed by atoms with Crippen molar-refractivity contribution in [3.8, 4) is 0 Å². The first kappa shape index (κ1) is 11.2. The minimum atomic E-state index is -0.744. The highest BCUT2D eigenvalue weighted by molar-refractivity contribution is 6.07. The van der Waals surface area contributed by atoms with Crippen molar-refractivity contribution < 1.29 is 14.7 Å². The first-order valence-electron chi connectivity index (χ1n) is 5.56. The number of rotatable bonds is 2. The number of nitrogens with two attached hydrogens (primary N) is 1. The second-order valence-electron chi connectivity index (χ2n) is 4.33. The molecule has 0 unspecified atom stereocenters. The second kappa shape index (κ2) is 4.29. The van der Waals surface area contributed by atoms with Crippen LogP contribution in [0.5, 0.6) is 0 Å². The van der Waals surface area contributed by atoms with Gasteiger partial charge in [0, 0.05) is 13.1 Å². The monoisotopic (exact) mass is 227 g/mol. The molecule has 3 N–H and O–H groups in total. The minimum absolute atomic E-state index is 0.0163. The van der Waals surface area contributed by atoms with Crippen molar-refractivity contribution in [2.24, 2.45) is 16.3 Å². The number of carbonyl (C=O) groups excluding carboxylic acids is 1. The lowest BCUT2D eigenvalue weighted by Crippen LogP contribution is -2.57. The summed E-state index contributed by atoms with van der Waals surface area (Å²) in [6.07, 6.45) is 2.31. The van der Waals surface area contributed by atoms with Crippen LogP contribution in [0.25, 0.3) is 0 Å². The maximum absolute atomic E-state index is 12.3. The second-order valence-corrected chi connectivity index (χ2v) is 4.33. The molecular formula is C10H17N3O3. The molecule has 0 spiro atoms. The van der Waals surface area contributed by atoms with Gasteiger partial charge < -0.3 is 20.6 Å². The normalized spacial score (nSPS) is 25.0. The molecule has 1 aliphatic carbocycles. The van der Waals surface area contributed by atoms with Gasteiger partial charge in [-0.1, -0.05) is 11.6 Å². The van der Waals surface area contributed by atoms with E-state index in [-0.39, 0.29) is 11.7 Å². The summed E-state index contributed by atoms with van der Waals surface area (Å²) in [5.41, 5.74) is 4.90. The van der Waals surface area contributed by atoms with E-state index in [2.05, 4.69) is 5.16 Å². The molecule has 1 amide bonds. The van der Waals surface area contributed by atoms with Crippen molar-refractivity contribution in [2.75, 3.05) is 26.3 Å². The van der Waals surface area contributed by atoms with E-state index in [0.29, 0.717) is 39.1 Å². The van der Waals surface area contributed by atoms with Crippen molar-refractivity contribution >= 4 is 11.7 Å². The third kappa shape index (κ3) is 1.63.